The summed E-state index contributed by atoms with van der Waals surface area (Å²) >= 11 is 1.80. The van der Waals surface area contributed by atoms with Gasteiger partial charge in [0.2, 0.25) is 6.10 Å². The van der Waals surface area contributed by atoms with Gasteiger partial charge in [0, 0.05) is 15.1 Å². The van der Waals surface area contributed by atoms with E-state index in [0.29, 0.717) is 11.3 Å². The highest BCUT2D eigenvalue weighted by atomic mass is 32.1. The van der Waals surface area contributed by atoms with E-state index in [2.05, 4.69) is 54.6 Å². The Bertz CT molecular complexity index is 1320. The highest BCUT2D eigenvalue weighted by Gasteiger charge is 2.21. The van der Waals surface area contributed by atoms with Crippen molar-refractivity contribution in [3.63, 3.8) is 0 Å². The number of aliphatic carboxylic acids is 1. The smallest absolute Gasteiger partial charge is 0.349 e. The average molecular weight is 437 g/mol. The van der Waals surface area contributed by atoms with Crippen LogP contribution in [0.5, 0.6) is 5.75 Å². The predicted octanol–water partition coefficient (Wildman–Crippen LogP) is 7.44. The number of carbonyl (C=O) groups is 1. The summed E-state index contributed by atoms with van der Waals surface area (Å²) < 4.78 is 7.05. The third-order valence-electron chi connectivity index (χ3n) is 5.36. The van der Waals surface area contributed by atoms with Gasteiger partial charge < -0.3 is 9.84 Å². The van der Waals surface area contributed by atoms with Crippen molar-refractivity contribution in [1.29, 1.82) is 0 Å². The average Bonchev–Trinajstić information content (AvgIpc) is 3.28. The molecule has 4 heteroatoms. The van der Waals surface area contributed by atoms with E-state index in [1.165, 1.54) is 20.5 Å². The molecule has 0 spiro atoms. The Morgan fingerprint density at radius 2 is 1.31 bits per heavy atom. The molecule has 0 radical (unpaired) electrons. The van der Waals surface area contributed by atoms with Crippen LogP contribution in [0, 0.1) is 0 Å². The van der Waals surface area contributed by atoms with E-state index in [1.54, 1.807) is 35.6 Å². The summed E-state index contributed by atoms with van der Waals surface area (Å²) in [6, 6.07) is 35.6. The maximum atomic E-state index is 11.7. The molecule has 1 aromatic heterocycles. The van der Waals surface area contributed by atoms with Gasteiger partial charge in [-0.2, -0.15) is 0 Å². The Kier molecular flexibility index (Phi) is 5.44. The molecule has 1 atom stereocenters. The molecule has 0 aliphatic carbocycles. The SMILES string of the molecule is O=C(O)C(Oc1ccc(-c2ccc(-c3cc4ccccc4s3)cc2)cc1)c1ccccc1. The lowest BCUT2D eigenvalue weighted by Gasteiger charge is -2.15. The topological polar surface area (TPSA) is 46.5 Å². The summed E-state index contributed by atoms with van der Waals surface area (Å²) in [5, 5.41) is 10.8. The van der Waals surface area contributed by atoms with Crippen LogP contribution in [0.1, 0.15) is 11.7 Å². The number of rotatable bonds is 6. The van der Waals surface area contributed by atoms with E-state index in [0.717, 1.165) is 11.1 Å². The number of carboxylic acid groups (broad SMARTS) is 1. The summed E-state index contributed by atoms with van der Waals surface area (Å²) in [7, 11) is 0. The normalized spacial score (nSPS) is 11.9. The van der Waals surface area contributed by atoms with Crippen LogP contribution in [0.4, 0.5) is 0 Å². The van der Waals surface area contributed by atoms with Crippen LogP contribution in [0.3, 0.4) is 0 Å². The quantitative estimate of drug-likeness (QED) is 0.301. The molecule has 3 nitrogen and oxygen atoms in total. The molecule has 4 aromatic carbocycles. The fourth-order valence-electron chi connectivity index (χ4n) is 3.70. The molecule has 156 valence electrons. The van der Waals surface area contributed by atoms with Crippen molar-refractivity contribution in [2.24, 2.45) is 0 Å². The van der Waals surface area contributed by atoms with Crippen molar-refractivity contribution >= 4 is 27.4 Å². The van der Waals surface area contributed by atoms with Gasteiger partial charge in [-0.05, 0) is 46.3 Å². The summed E-state index contributed by atoms with van der Waals surface area (Å²) in [6.07, 6.45) is -1.04. The van der Waals surface area contributed by atoms with Gasteiger partial charge in [-0.15, -0.1) is 11.3 Å². The fourth-order valence-corrected chi connectivity index (χ4v) is 4.77. The molecule has 1 unspecified atom stereocenters. The van der Waals surface area contributed by atoms with Crippen molar-refractivity contribution in [3.05, 3.63) is 115 Å². The van der Waals surface area contributed by atoms with Crippen LogP contribution in [0.25, 0.3) is 31.7 Å². The molecule has 0 amide bonds. The van der Waals surface area contributed by atoms with E-state index >= 15 is 0 Å². The summed E-state index contributed by atoms with van der Waals surface area (Å²) in [4.78, 5) is 12.9. The molecule has 1 heterocycles. The molecular formula is C28H20O3S. The van der Waals surface area contributed by atoms with Crippen LogP contribution in [-0.2, 0) is 4.79 Å². The van der Waals surface area contributed by atoms with E-state index < -0.39 is 12.1 Å². The Morgan fingerprint density at radius 3 is 1.97 bits per heavy atom. The minimum Gasteiger partial charge on any atom is -0.478 e. The minimum atomic E-state index is -1.04. The standard InChI is InChI=1S/C28H20O3S/c29-28(30)27(22-6-2-1-3-7-22)31-24-16-14-20(15-17-24)19-10-12-21(13-11-19)26-18-23-8-4-5-9-25(23)32-26/h1-18,27H,(H,29,30). The molecule has 0 bridgehead atoms. The third kappa shape index (κ3) is 4.13. The van der Waals surface area contributed by atoms with Gasteiger partial charge >= 0.3 is 5.97 Å². The highest BCUT2D eigenvalue weighted by Crippen LogP contribution is 2.34. The van der Waals surface area contributed by atoms with Crippen LogP contribution in [-0.4, -0.2) is 11.1 Å². The minimum absolute atomic E-state index is 0.520. The Hall–Kier alpha value is -3.89. The third-order valence-corrected chi connectivity index (χ3v) is 6.53. The Morgan fingerprint density at radius 1 is 0.719 bits per heavy atom. The zero-order valence-corrected chi connectivity index (χ0v) is 18.0. The number of benzene rings is 4. The zero-order valence-electron chi connectivity index (χ0n) is 17.1. The van der Waals surface area contributed by atoms with Crippen molar-refractivity contribution in [3.8, 4) is 27.3 Å². The van der Waals surface area contributed by atoms with Crippen molar-refractivity contribution in [1.82, 2.24) is 0 Å². The second kappa shape index (κ2) is 8.69. The second-order valence-corrected chi connectivity index (χ2v) is 8.58. The molecule has 0 saturated heterocycles. The molecular weight excluding hydrogens is 416 g/mol. The molecule has 32 heavy (non-hydrogen) atoms. The lowest BCUT2D eigenvalue weighted by atomic mass is 10.0. The van der Waals surface area contributed by atoms with Gasteiger partial charge in [0.15, 0.2) is 0 Å². The van der Waals surface area contributed by atoms with Crippen molar-refractivity contribution in [2.75, 3.05) is 0 Å². The first-order valence-electron chi connectivity index (χ1n) is 10.3. The predicted molar refractivity (Wildman–Crippen MR) is 130 cm³/mol. The van der Waals surface area contributed by atoms with Crippen LogP contribution >= 0.6 is 11.3 Å². The first kappa shape index (κ1) is 20.0. The molecule has 0 aliphatic rings. The summed E-state index contributed by atoms with van der Waals surface area (Å²) in [5.74, 6) is -0.496. The molecule has 0 saturated carbocycles. The van der Waals surface area contributed by atoms with Gasteiger partial charge in [-0.25, -0.2) is 4.79 Å². The molecule has 0 fully saturated rings. The summed E-state index contributed by atoms with van der Waals surface area (Å²) in [5.41, 5.74) is 3.95. The number of carboxylic acids is 1. The zero-order chi connectivity index (χ0) is 21.9. The highest BCUT2D eigenvalue weighted by molar-refractivity contribution is 7.22. The molecule has 0 aliphatic heterocycles. The monoisotopic (exact) mass is 436 g/mol. The van der Waals surface area contributed by atoms with E-state index in [-0.39, 0.29) is 0 Å². The second-order valence-electron chi connectivity index (χ2n) is 7.50. The van der Waals surface area contributed by atoms with E-state index in [1.807, 2.05) is 30.3 Å². The lowest BCUT2D eigenvalue weighted by molar-refractivity contribution is -0.145. The maximum Gasteiger partial charge on any atom is 0.349 e. The number of hydrogen-bond donors (Lipinski definition) is 1. The van der Waals surface area contributed by atoms with E-state index in [9.17, 15) is 9.90 Å². The van der Waals surface area contributed by atoms with Crippen molar-refractivity contribution < 1.29 is 14.6 Å². The number of ether oxygens (including phenoxy) is 1. The van der Waals surface area contributed by atoms with Gasteiger partial charge in [0.1, 0.15) is 5.75 Å². The largest absolute Gasteiger partial charge is 0.478 e. The maximum absolute atomic E-state index is 11.7. The van der Waals surface area contributed by atoms with Gasteiger partial charge in [-0.1, -0.05) is 84.9 Å². The number of fused-ring (bicyclic) bond motifs is 1. The van der Waals surface area contributed by atoms with Crippen LogP contribution < -0.4 is 4.74 Å². The summed E-state index contributed by atoms with van der Waals surface area (Å²) in [6.45, 7) is 0. The van der Waals surface area contributed by atoms with Crippen LogP contribution in [0.15, 0.2) is 109 Å². The van der Waals surface area contributed by atoms with Crippen LogP contribution in [0.2, 0.25) is 0 Å². The lowest BCUT2D eigenvalue weighted by Crippen LogP contribution is -2.18. The van der Waals surface area contributed by atoms with E-state index in [4.69, 9.17) is 4.74 Å². The first-order valence-corrected chi connectivity index (χ1v) is 11.1. The molecule has 5 rings (SSSR count). The molecule has 1 N–H and O–H groups in total. The van der Waals surface area contributed by atoms with Gasteiger partial charge in [-0.3, -0.25) is 0 Å². The molecule has 5 aromatic rings. The van der Waals surface area contributed by atoms with Gasteiger partial charge in [0.25, 0.3) is 0 Å². The number of hydrogen-bond acceptors (Lipinski definition) is 3. The van der Waals surface area contributed by atoms with Crippen molar-refractivity contribution in [2.45, 2.75) is 6.10 Å². The van der Waals surface area contributed by atoms with Gasteiger partial charge in [0.05, 0.1) is 0 Å². The number of thiophene rings is 1. The Balaban J connectivity index is 1.34. The fraction of sp³-hybridized carbons (Fsp3) is 0.0357. The Labute approximate surface area is 190 Å². The first-order chi connectivity index (χ1) is 15.7.